The van der Waals surface area contributed by atoms with Crippen LogP contribution in [0.3, 0.4) is 0 Å². The molecule has 2 N–H and O–H groups in total. The molecule has 0 aliphatic carbocycles. The summed E-state index contributed by atoms with van der Waals surface area (Å²) in [6, 6.07) is 12.6. The van der Waals surface area contributed by atoms with E-state index in [1.54, 1.807) is 19.1 Å². The van der Waals surface area contributed by atoms with Gasteiger partial charge in [-0.25, -0.2) is 0 Å². The van der Waals surface area contributed by atoms with E-state index in [1.165, 1.54) is 7.11 Å². The molecule has 0 saturated heterocycles. The molecule has 1 unspecified atom stereocenters. The van der Waals surface area contributed by atoms with Gasteiger partial charge in [-0.1, -0.05) is 41.9 Å². The summed E-state index contributed by atoms with van der Waals surface area (Å²) in [5, 5.41) is 12.2. The zero-order valence-electron chi connectivity index (χ0n) is 13.6. The normalized spacial score (nSPS) is 11.8. The molecule has 0 saturated carbocycles. The third kappa shape index (κ3) is 4.88. The smallest absolute Gasteiger partial charge is 0.320 e. The average molecular weight is 350 g/mol. The summed E-state index contributed by atoms with van der Waals surface area (Å²) < 4.78 is 11.1. The van der Waals surface area contributed by atoms with Crippen LogP contribution in [0.4, 0.5) is 0 Å². The first kappa shape index (κ1) is 18.1. The topological polar surface area (TPSA) is 67.8 Å². The minimum absolute atomic E-state index is 0.364. The average Bonchev–Trinajstić information content (AvgIpc) is 2.58. The van der Waals surface area contributed by atoms with Crippen LogP contribution in [0.2, 0.25) is 5.02 Å². The van der Waals surface area contributed by atoms with E-state index < -0.39 is 12.0 Å². The van der Waals surface area contributed by atoms with Crippen molar-refractivity contribution in [2.24, 2.45) is 0 Å². The van der Waals surface area contributed by atoms with E-state index in [4.69, 9.17) is 26.2 Å². The summed E-state index contributed by atoms with van der Waals surface area (Å²) in [5.74, 6) is 0.0761. The largest absolute Gasteiger partial charge is 0.493 e. The lowest BCUT2D eigenvalue weighted by atomic mass is 10.2. The van der Waals surface area contributed by atoms with Crippen LogP contribution in [-0.2, 0) is 17.9 Å². The van der Waals surface area contributed by atoms with Crippen molar-refractivity contribution in [3.8, 4) is 11.5 Å². The van der Waals surface area contributed by atoms with Crippen LogP contribution in [0.5, 0.6) is 11.5 Å². The Morgan fingerprint density at radius 1 is 1.25 bits per heavy atom. The van der Waals surface area contributed by atoms with Gasteiger partial charge in [0, 0.05) is 6.54 Å². The van der Waals surface area contributed by atoms with Crippen LogP contribution in [0.25, 0.3) is 0 Å². The molecule has 6 heteroatoms. The molecule has 0 aliphatic heterocycles. The molecule has 0 radical (unpaired) electrons. The highest BCUT2D eigenvalue weighted by molar-refractivity contribution is 6.32. The summed E-state index contributed by atoms with van der Waals surface area (Å²) in [7, 11) is 1.54. The SMILES string of the molecule is COc1cc(CNC(C)C(=O)O)cc(Cl)c1OCc1ccccc1. The predicted octanol–water partition coefficient (Wildman–Crippen LogP) is 3.49. The molecule has 24 heavy (non-hydrogen) atoms. The summed E-state index contributed by atoms with van der Waals surface area (Å²) in [6.07, 6.45) is 0. The maximum absolute atomic E-state index is 10.9. The number of hydrogen-bond acceptors (Lipinski definition) is 4. The van der Waals surface area contributed by atoms with E-state index in [0.717, 1.165) is 11.1 Å². The van der Waals surface area contributed by atoms with Crippen LogP contribution in [-0.4, -0.2) is 24.2 Å². The molecule has 2 aromatic carbocycles. The fourth-order valence-electron chi connectivity index (χ4n) is 2.10. The molecular weight excluding hydrogens is 330 g/mol. The minimum atomic E-state index is -0.907. The van der Waals surface area contributed by atoms with Crippen LogP contribution in [0.15, 0.2) is 42.5 Å². The number of rotatable bonds is 8. The zero-order valence-corrected chi connectivity index (χ0v) is 14.3. The van der Waals surface area contributed by atoms with Gasteiger partial charge in [0.05, 0.1) is 12.1 Å². The van der Waals surface area contributed by atoms with Gasteiger partial charge in [0.2, 0.25) is 0 Å². The third-order valence-electron chi connectivity index (χ3n) is 3.50. The van der Waals surface area contributed by atoms with Gasteiger partial charge >= 0.3 is 5.97 Å². The molecule has 0 heterocycles. The van der Waals surface area contributed by atoms with E-state index in [1.807, 2.05) is 30.3 Å². The lowest BCUT2D eigenvalue weighted by Crippen LogP contribution is -2.33. The molecular formula is C18H20ClNO4. The first-order chi connectivity index (χ1) is 11.5. The fraction of sp³-hybridized carbons (Fsp3) is 0.278. The van der Waals surface area contributed by atoms with Gasteiger partial charge in [-0.3, -0.25) is 4.79 Å². The molecule has 2 aromatic rings. The fourth-order valence-corrected chi connectivity index (χ4v) is 2.39. The minimum Gasteiger partial charge on any atom is -0.493 e. The summed E-state index contributed by atoms with van der Waals surface area (Å²) in [4.78, 5) is 10.9. The van der Waals surface area contributed by atoms with Gasteiger partial charge in [0.15, 0.2) is 11.5 Å². The highest BCUT2D eigenvalue weighted by Crippen LogP contribution is 2.37. The van der Waals surface area contributed by atoms with E-state index in [0.29, 0.717) is 29.7 Å². The number of aliphatic carboxylic acids is 1. The molecule has 0 fully saturated rings. The summed E-state index contributed by atoms with van der Waals surface area (Å²) in [5.41, 5.74) is 1.84. The number of ether oxygens (including phenoxy) is 2. The molecule has 0 aliphatic rings. The van der Waals surface area contributed by atoms with Gasteiger partial charge < -0.3 is 19.9 Å². The first-order valence-corrected chi connectivity index (χ1v) is 7.88. The molecule has 0 amide bonds. The van der Waals surface area contributed by atoms with Crippen LogP contribution in [0, 0.1) is 0 Å². The maximum atomic E-state index is 10.9. The van der Waals surface area contributed by atoms with Crippen molar-refractivity contribution in [2.45, 2.75) is 26.1 Å². The van der Waals surface area contributed by atoms with E-state index in [-0.39, 0.29) is 0 Å². The van der Waals surface area contributed by atoms with Gasteiger partial charge in [-0.15, -0.1) is 0 Å². The highest BCUT2D eigenvalue weighted by Gasteiger charge is 2.14. The Balaban J connectivity index is 2.10. The number of carbonyl (C=O) groups is 1. The summed E-state index contributed by atoms with van der Waals surface area (Å²) in [6.45, 7) is 2.32. The van der Waals surface area contributed by atoms with Crippen molar-refractivity contribution in [3.63, 3.8) is 0 Å². The number of carboxylic acid groups (broad SMARTS) is 1. The number of methoxy groups -OCH3 is 1. The molecule has 0 bridgehead atoms. The second-order valence-electron chi connectivity index (χ2n) is 5.32. The van der Waals surface area contributed by atoms with E-state index in [9.17, 15) is 4.79 Å². The Morgan fingerprint density at radius 3 is 2.58 bits per heavy atom. The van der Waals surface area contributed by atoms with E-state index >= 15 is 0 Å². The molecule has 0 spiro atoms. The van der Waals surface area contributed by atoms with Crippen molar-refractivity contribution in [3.05, 3.63) is 58.6 Å². The van der Waals surface area contributed by atoms with E-state index in [2.05, 4.69) is 5.32 Å². The predicted molar refractivity (Wildman–Crippen MR) is 92.7 cm³/mol. The Labute approximate surface area is 146 Å². The molecule has 1 atom stereocenters. The number of benzene rings is 2. The quantitative estimate of drug-likeness (QED) is 0.763. The standard InChI is InChI=1S/C18H20ClNO4/c1-12(18(21)22)20-10-14-8-15(19)17(16(9-14)23-2)24-11-13-6-4-3-5-7-13/h3-9,12,20H,10-11H2,1-2H3,(H,21,22). The van der Waals surface area contributed by atoms with Gasteiger partial charge in [0.1, 0.15) is 12.6 Å². The Morgan fingerprint density at radius 2 is 1.96 bits per heavy atom. The van der Waals surface area contributed by atoms with Crippen LogP contribution >= 0.6 is 11.6 Å². The lowest BCUT2D eigenvalue weighted by molar-refractivity contribution is -0.139. The molecule has 2 rings (SSSR count). The summed E-state index contributed by atoms with van der Waals surface area (Å²) >= 11 is 6.31. The van der Waals surface area contributed by atoms with Crippen molar-refractivity contribution in [1.29, 1.82) is 0 Å². The van der Waals surface area contributed by atoms with Crippen molar-refractivity contribution >= 4 is 17.6 Å². The number of hydrogen-bond donors (Lipinski definition) is 2. The molecule has 5 nitrogen and oxygen atoms in total. The second-order valence-corrected chi connectivity index (χ2v) is 5.73. The monoisotopic (exact) mass is 349 g/mol. The van der Waals surface area contributed by atoms with Crippen molar-refractivity contribution in [2.75, 3.05) is 7.11 Å². The number of halogens is 1. The lowest BCUT2D eigenvalue weighted by Gasteiger charge is -2.15. The van der Waals surface area contributed by atoms with Gasteiger partial charge in [0.25, 0.3) is 0 Å². The van der Waals surface area contributed by atoms with Crippen LogP contribution in [0.1, 0.15) is 18.1 Å². The zero-order chi connectivity index (χ0) is 17.5. The van der Waals surface area contributed by atoms with Gasteiger partial charge in [-0.2, -0.15) is 0 Å². The molecule has 128 valence electrons. The second kappa shape index (κ2) is 8.57. The third-order valence-corrected chi connectivity index (χ3v) is 3.78. The van der Waals surface area contributed by atoms with Crippen LogP contribution < -0.4 is 14.8 Å². The molecule has 0 aromatic heterocycles. The van der Waals surface area contributed by atoms with Crippen molar-refractivity contribution in [1.82, 2.24) is 5.32 Å². The van der Waals surface area contributed by atoms with Gasteiger partial charge in [-0.05, 0) is 30.2 Å². The maximum Gasteiger partial charge on any atom is 0.320 e. The Bertz CT molecular complexity index is 691. The van der Waals surface area contributed by atoms with Crippen molar-refractivity contribution < 1.29 is 19.4 Å². The highest BCUT2D eigenvalue weighted by atomic mass is 35.5. The Hall–Kier alpha value is -2.24. The number of carboxylic acids is 1. The Kier molecular flexibility index (Phi) is 6.46. The number of nitrogens with one attached hydrogen (secondary N) is 1. The first-order valence-electron chi connectivity index (χ1n) is 7.50.